The fourth-order valence-electron chi connectivity index (χ4n) is 2.77. The molecule has 0 aromatic carbocycles. The standard InChI is InChI=1S/C16H33N3O7P2/c1-6-16(19-11-10-17-13-19)18-12-15(27(20,23-7-2)24-8-3)14(5)26-28(21,22)25-9-4/h10-11,13-16,18H,6-9,12H2,1-5H3,(H,21,22). The van der Waals surface area contributed by atoms with Crippen molar-refractivity contribution in [1.29, 1.82) is 0 Å². The van der Waals surface area contributed by atoms with Crippen LogP contribution in [-0.2, 0) is 27.2 Å². The highest BCUT2D eigenvalue weighted by atomic mass is 31.2. The first-order chi connectivity index (χ1) is 13.2. The number of rotatable bonds is 15. The van der Waals surface area contributed by atoms with E-state index < -0.39 is 27.2 Å². The summed E-state index contributed by atoms with van der Waals surface area (Å²) < 4.78 is 48.3. The number of phosphoric acid groups is 1. The molecule has 0 aliphatic carbocycles. The van der Waals surface area contributed by atoms with Gasteiger partial charge in [0.2, 0.25) is 0 Å². The molecule has 0 saturated carbocycles. The minimum atomic E-state index is -4.29. The average molecular weight is 441 g/mol. The second kappa shape index (κ2) is 12.2. The molecule has 0 amide bonds. The van der Waals surface area contributed by atoms with Crippen LogP contribution < -0.4 is 5.32 Å². The molecule has 4 atom stereocenters. The Kier molecular flexibility index (Phi) is 11.1. The summed E-state index contributed by atoms with van der Waals surface area (Å²) >= 11 is 0. The van der Waals surface area contributed by atoms with Crippen molar-refractivity contribution in [2.45, 2.75) is 59.0 Å². The third-order valence-corrected chi connectivity index (χ3v) is 7.83. The van der Waals surface area contributed by atoms with Gasteiger partial charge in [0.1, 0.15) is 5.66 Å². The molecule has 1 aromatic heterocycles. The lowest BCUT2D eigenvalue weighted by Gasteiger charge is -2.32. The highest BCUT2D eigenvalue weighted by molar-refractivity contribution is 7.54. The minimum Gasteiger partial charge on any atom is -0.321 e. The summed E-state index contributed by atoms with van der Waals surface area (Å²) in [5, 5.41) is 3.29. The highest BCUT2D eigenvalue weighted by Gasteiger charge is 2.42. The van der Waals surface area contributed by atoms with Crippen LogP contribution >= 0.6 is 15.4 Å². The van der Waals surface area contributed by atoms with Crippen LogP contribution in [0.25, 0.3) is 0 Å². The van der Waals surface area contributed by atoms with Crippen molar-refractivity contribution in [3.8, 4) is 0 Å². The zero-order chi connectivity index (χ0) is 21.2. The topological polar surface area (TPSA) is 121 Å². The van der Waals surface area contributed by atoms with Gasteiger partial charge in [0.05, 0.1) is 38.4 Å². The summed E-state index contributed by atoms with van der Waals surface area (Å²) in [5.74, 6) is 0. The molecule has 0 fully saturated rings. The van der Waals surface area contributed by atoms with E-state index in [1.165, 1.54) is 0 Å². The molecule has 12 heteroatoms. The molecule has 10 nitrogen and oxygen atoms in total. The van der Waals surface area contributed by atoms with Gasteiger partial charge in [0, 0.05) is 18.9 Å². The molecule has 0 aliphatic rings. The number of hydrogen-bond acceptors (Lipinski definition) is 8. The van der Waals surface area contributed by atoms with Crippen molar-refractivity contribution in [1.82, 2.24) is 14.9 Å². The molecule has 0 saturated heterocycles. The maximum absolute atomic E-state index is 13.4. The van der Waals surface area contributed by atoms with Crippen molar-refractivity contribution in [3.05, 3.63) is 18.7 Å². The van der Waals surface area contributed by atoms with Crippen LogP contribution in [-0.4, -0.2) is 52.6 Å². The predicted octanol–water partition coefficient (Wildman–Crippen LogP) is 3.56. The first kappa shape index (κ1) is 25.5. The van der Waals surface area contributed by atoms with E-state index in [1.54, 1.807) is 40.2 Å². The normalized spacial score (nSPS) is 17.8. The van der Waals surface area contributed by atoms with Crippen molar-refractivity contribution in [3.63, 3.8) is 0 Å². The van der Waals surface area contributed by atoms with Crippen LogP contribution in [0.4, 0.5) is 0 Å². The van der Waals surface area contributed by atoms with Gasteiger partial charge in [0.15, 0.2) is 0 Å². The van der Waals surface area contributed by atoms with Crippen molar-refractivity contribution in [2.75, 3.05) is 26.4 Å². The molecule has 1 aromatic rings. The molecule has 0 bridgehead atoms. The van der Waals surface area contributed by atoms with Crippen molar-refractivity contribution >= 4 is 15.4 Å². The van der Waals surface area contributed by atoms with E-state index in [0.717, 1.165) is 6.42 Å². The monoisotopic (exact) mass is 441 g/mol. The lowest BCUT2D eigenvalue weighted by molar-refractivity contribution is 0.102. The van der Waals surface area contributed by atoms with Crippen LogP contribution in [0, 0.1) is 0 Å². The van der Waals surface area contributed by atoms with Gasteiger partial charge >= 0.3 is 15.4 Å². The Hall–Kier alpha value is -0.570. The van der Waals surface area contributed by atoms with Gasteiger partial charge in [-0.05, 0) is 34.1 Å². The summed E-state index contributed by atoms with van der Waals surface area (Å²) in [6, 6.07) is 0. The SMILES string of the molecule is CCOP(=O)(O)OC(C)C(CNC(CC)n1ccnc1)P(=O)(OCC)OCC. The number of hydrogen-bond donors (Lipinski definition) is 2. The van der Waals surface area contributed by atoms with E-state index in [9.17, 15) is 14.0 Å². The fraction of sp³-hybridized carbons (Fsp3) is 0.812. The maximum atomic E-state index is 13.4. The summed E-state index contributed by atoms with van der Waals surface area (Å²) in [7, 11) is -7.92. The summed E-state index contributed by atoms with van der Waals surface area (Å²) in [4.78, 5) is 13.9. The Morgan fingerprint density at radius 1 is 1.11 bits per heavy atom. The number of imidazole rings is 1. The predicted molar refractivity (Wildman–Crippen MR) is 106 cm³/mol. The van der Waals surface area contributed by atoms with Gasteiger partial charge in [-0.15, -0.1) is 0 Å². The van der Waals surface area contributed by atoms with Crippen LogP contribution in [0.5, 0.6) is 0 Å². The Balaban J connectivity index is 3.05. The molecule has 164 valence electrons. The van der Waals surface area contributed by atoms with E-state index in [0.29, 0.717) is 0 Å². The van der Waals surface area contributed by atoms with Gasteiger partial charge in [-0.25, -0.2) is 9.55 Å². The third-order valence-electron chi connectivity index (χ3n) is 3.99. The lowest BCUT2D eigenvalue weighted by atomic mass is 10.2. The molecule has 1 rings (SSSR count). The Labute approximate surface area is 167 Å². The average Bonchev–Trinajstić information content (AvgIpc) is 3.12. The molecule has 1 heterocycles. The molecule has 2 N–H and O–H groups in total. The molecular formula is C16H33N3O7P2. The minimum absolute atomic E-state index is 0.0104. The number of nitrogens with one attached hydrogen (secondary N) is 1. The van der Waals surface area contributed by atoms with E-state index >= 15 is 0 Å². The fourth-order valence-corrected chi connectivity index (χ4v) is 5.90. The van der Waals surface area contributed by atoms with E-state index in [1.807, 2.05) is 17.7 Å². The van der Waals surface area contributed by atoms with E-state index in [2.05, 4.69) is 10.3 Å². The number of nitrogens with zero attached hydrogens (tertiary/aromatic N) is 2. The largest absolute Gasteiger partial charge is 0.472 e. The number of aromatic nitrogens is 2. The van der Waals surface area contributed by atoms with Crippen molar-refractivity contribution in [2.24, 2.45) is 0 Å². The van der Waals surface area contributed by atoms with Crippen LogP contribution in [0.15, 0.2) is 18.7 Å². The zero-order valence-electron chi connectivity index (χ0n) is 17.2. The Morgan fingerprint density at radius 2 is 1.71 bits per heavy atom. The van der Waals surface area contributed by atoms with Crippen molar-refractivity contribution < 1.29 is 32.1 Å². The van der Waals surface area contributed by atoms with Gasteiger partial charge in [-0.1, -0.05) is 6.92 Å². The van der Waals surface area contributed by atoms with Gasteiger partial charge < -0.3 is 18.5 Å². The highest BCUT2D eigenvalue weighted by Crippen LogP contribution is 2.57. The third kappa shape index (κ3) is 7.69. The molecule has 28 heavy (non-hydrogen) atoms. The molecular weight excluding hydrogens is 408 g/mol. The molecule has 4 unspecified atom stereocenters. The second-order valence-electron chi connectivity index (χ2n) is 5.98. The smallest absolute Gasteiger partial charge is 0.321 e. The lowest BCUT2D eigenvalue weighted by Crippen LogP contribution is -2.39. The van der Waals surface area contributed by atoms with Crippen LogP contribution in [0.2, 0.25) is 0 Å². The second-order valence-corrected chi connectivity index (χ2v) is 9.65. The molecule has 0 spiro atoms. The molecule has 0 radical (unpaired) electrons. The summed E-state index contributed by atoms with van der Waals surface area (Å²) in [6.45, 7) is 9.06. The van der Waals surface area contributed by atoms with Gasteiger partial charge in [-0.2, -0.15) is 0 Å². The molecule has 0 aliphatic heterocycles. The number of phosphoric ester groups is 1. The Morgan fingerprint density at radius 3 is 2.18 bits per heavy atom. The van der Waals surface area contributed by atoms with Crippen LogP contribution in [0.1, 0.15) is 47.2 Å². The first-order valence-corrected chi connectivity index (χ1v) is 12.6. The van der Waals surface area contributed by atoms with Gasteiger partial charge in [0.25, 0.3) is 0 Å². The first-order valence-electron chi connectivity index (χ1n) is 9.48. The zero-order valence-corrected chi connectivity index (χ0v) is 19.0. The van der Waals surface area contributed by atoms with Gasteiger partial charge in [-0.3, -0.25) is 18.9 Å². The quantitative estimate of drug-likeness (QED) is 0.394. The summed E-state index contributed by atoms with van der Waals surface area (Å²) in [6.07, 6.45) is 4.86. The van der Waals surface area contributed by atoms with E-state index in [4.69, 9.17) is 18.1 Å². The Bertz CT molecular complexity index is 634. The van der Waals surface area contributed by atoms with Crippen LogP contribution in [0.3, 0.4) is 0 Å². The maximum Gasteiger partial charge on any atom is 0.472 e. The van der Waals surface area contributed by atoms with E-state index in [-0.39, 0.29) is 32.5 Å². The summed E-state index contributed by atoms with van der Waals surface area (Å²) in [5.41, 5.74) is -0.828.